The predicted molar refractivity (Wildman–Crippen MR) is 64.3 cm³/mol. The molecule has 0 aromatic heterocycles. The van der Waals surface area contributed by atoms with E-state index in [0.717, 1.165) is 25.9 Å². The third-order valence-electron chi connectivity index (χ3n) is 3.07. The molecule has 1 fully saturated rings. The summed E-state index contributed by atoms with van der Waals surface area (Å²) in [6, 6.07) is 0.256. The summed E-state index contributed by atoms with van der Waals surface area (Å²) in [7, 11) is 0. The first-order chi connectivity index (χ1) is 8.15. The Kier molecular flexibility index (Phi) is 6.43. The minimum absolute atomic E-state index is 0.108. The number of aliphatic hydroxyl groups is 2. The van der Waals surface area contributed by atoms with Gasteiger partial charge in [-0.3, -0.25) is 9.69 Å². The number of rotatable bonds is 7. The molecular weight excluding hydrogens is 222 g/mol. The van der Waals surface area contributed by atoms with Crippen molar-refractivity contribution in [3.8, 4) is 0 Å². The number of nitrogens with one attached hydrogen (secondary N) is 1. The monoisotopic (exact) mass is 245 g/mol. The molecule has 2 unspecified atom stereocenters. The molecule has 17 heavy (non-hydrogen) atoms. The summed E-state index contributed by atoms with van der Waals surface area (Å²) < 4.78 is 0. The van der Waals surface area contributed by atoms with Crippen molar-refractivity contribution < 1.29 is 15.0 Å². The number of hydrogen-bond acceptors (Lipinski definition) is 5. The Labute approximate surface area is 102 Å². The average molecular weight is 245 g/mol. The van der Waals surface area contributed by atoms with E-state index in [0.29, 0.717) is 12.5 Å². The molecule has 5 N–H and O–H groups in total. The highest BCUT2D eigenvalue weighted by atomic mass is 16.3. The van der Waals surface area contributed by atoms with Crippen LogP contribution in [0.15, 0.2) is 0 Å². The second-order valence-corrected chi connectivity index (χ2v) is 4.65. The van der Waals surface area contributed by atoms with E-state index in [1.165, 1.54) is 0 Å². The molecule has 0 aromatic rings. The highest BCUT2D eigenvalue weighted by Crippen LogP contribution is 2.19. The number of nitrogens with zero attached hydrogens (tertiary/aromatic N) is 1. The smallest absolute Gasteiger partial charge is 0.231 e. The number of amides is 1. The van der Waals surface area contributed by atoms with Crippen LogP contribution in [0.4, 0.5) is 0 Å². The maximum Gasteiger partial charge on any atom is 0.231 e. The minimum atomic E-state index is -0.324. The summed E-state index contributed by atoms with van der Waals surface area (Å²) in [4.78, 5) is 12.9. The number of likely N-dealkylation sites (tertiary alicyclic amines) is 1. The lowest BCUT2D eigenvalue weighted by molar-refractivity contribution is -0.119. The van der Waals surface area contributed by atoms with E-state index in [1.54, 1.807) is 0 Å². The number of hydrogen-bond donors (Lipinski definition) is 4. The molecule has 0 bridgehead atoms. The number of carbonyl (C=O) groups excluding carboxylic acids is 1. The van der Waals surface area contributed by atoms with E-state index in [-0.39, 0.29) is 31.7 Å². The number of nitrogens with two attached hydrogens (primary N) is 1. The molecule has 1 amide bonds. The van der Waals surface area contributed by atoms with Crippen LogP contribution in [0.5, 0.6) is 0 Å². The van der Waals surface area contributed by atoms with Gasteiger partial charge in [-0.05, 0) is 18.8 Å². The van der Waals surface area contributed by atoms with Crippen molar-refractivity contribution in [1.29, 1.82) is 0 Å². The highest BCUT2D eigenvalue weighted by molar-refractivity contribution is 5.75. The first-order valence-corrected chi connectivity index (χ1v) is 6.11. The number of carbonyl (C=O) groups is 1. The summed E-state index contributed by atoms with van der Waals surface area (Å²) in [6.07, 6.45) is 1.71. The molecule has 0 spiro atoms. The molecule has 100 valence electrons. The van der Waals surface area contributed by atoms with Gasteiger partial charge in [-0.15, -0.1) is 0 Å². The Balaban J connectivity index is 2.46. The van der Waals surface area contributed by atoms with Crippen molar-refractivity contribution in [1.82, 2.24) is 10.2 Å². The van der Waals surface area contributed by atoms with Crippen molar-refractivity contribution >= 4 is 5.91 Å². The molecule has 0 saturated carbocycles. The van der Waals surface area contributed by atoms with Crippen molar-refractivity contribution in [2.24, 2.45) is 11.7 Å². The van der Waals surface area contributed by atoms with Crippen molar-refractivity contribution in [2.75, 3.05) is 39.4 Å². The van der Waals surface area contributed by atoms with Gasteiger partial charge < -0.3 is 21.3 Å². The Morgan fingerprint density at radius 3 is 2.71 bits per heavy atom. The third kappa shape index (κ3) is 5.45. The lowest BCUT2D eigenvalue weighted by Gasteiger charge is -2.37. The van der Waals surface area contributed by atoms with Gasteiger partial charge in [0.05, 0.1) is 13.2 Å². The zero-order valence-electron chi connectivity index (χ0n) is 10.1. The Morgan fingerprint density at radius 1 is 1.35 bits per heavy atom. The first kappa shape index (κ1) is 14.4. The highest BCUT2D eigenvalue weighted by Gasteiger charge is 2.27. The van der Waals surface area contributed by atoms with E-state index in [4.69, 9.17) is 15.9 Å². The third-order valence-corrected chi connectivity index (χ3v) is 3.07. The SMILES string of the molecule is NC(=O)CN1CC(CCO)CC(NCCO)C1. The molecule has 0 aliphatic carbocycles. The molecular formula is C11H23N3O3. The first-order valence-electron chi connectivity index (χ1n) is 6.11. The molecule has 1 rings (SSSR count). The summed E-state index contributed by atoms with van der Waals surface area (Å²) in [5.74, 6) is 0.0554. The van der Waals surface area contributed by atoms with Gasteiger partial charge in [-0.25, -0.2) is 0 Å². The normalized spacial score (nSPS) is 26.0. The van der Waals surface area contributed by atoms with Gasteiger partial charge in [0, 0.05) is 32.3 Å². The molecule has 0 radical (unpaired) electrons. The Morgan fingerprint density at radius 2 is 2.12 bits per heavy atom. The maximum absolute atomic E-state index is 10.9. The molecule has 1 heterocycles. The molecule has 1 aliphatic heterocycles. The van der Waals surface area contributed by atoms with Gasteiger partial charge in [0.15, 0.2) is 0 Å². The minimum Gasteiger partial charge on any atom is -0.396 e. The van der Waals surface area contributed by atoms with Gasteiger partial charge in [-0.1, -0.05) is 0 Å². The van der Waals surface area contributed by atoms with Crippen LogP contribution in [-0.4, -0.2) is 66.5 Å². The zero-order chi connectivity index (χ0) is 12.7. The molecule has 6 nitrogen and oxygen atoms in total. The van der Waals surface area contributed by atoms with Crippen LogP contribution >= 0.6 is 0 Å². The summed E-state index contributed by atoms with van der Waals surface area (Å²) >= 11 is 0. The molecule has 1 saturated heterocycles. The van der Waals surface area contributed by atoms with Crippen LogP contribution in [0, 0.1) is 5.92 Å². The molecule has 1 aliphatic rings. The molecule has 6 heteroatoms. The van der Waals surface area contributed by atoms with Crippen LogP contribution in [-0.2, 0) is 4.79 Å². The van der Waals surface area contributed by atoms with E-state index in [1.807, 2.05) is 4.90 Å². The maximum atomic E-state index is 10.9. The second kappa shape index (κ2) is 7.60. The van der Waals surface area contributed by atoms with Gasteiger partial charge in [-0.2, -0.15) is 0 Å². The largest absolute Gasteiger partial charge is 0.396 e. The summed E-state index contributed by atoms with van der Waals surface area (Å²) in [6.45, 7) is 2.67. The van der Waals surface area contributed by atoms with Crippen LogP contribution < -0.4 is 11.1 Å². The van der Waals surface area contributed by atoms with E-state index >= 15 is 0 Å². The fourth-order valence-corrected chi connectivity index (χ4v) is 2.46. The van der Waals surface area contributed by atoms with Gasteiger partial charge in [0.2, 0.25) is 5.91 Å². The van der Waals surface area contributed by atoms with Crippen molar-refractivity contribution in [2.45, 2.75) is 18.9 Å². The lowest BCUT2D eigenvalue weighted by atomic mass is 9.91. The van der Waals surface area contributed by atoms with Crippen LogP contribution in [0.25, 0.3) is 0 Å². The Bertz CT molecular complexity index is 238. The number of primary amides is 1. The number of aliphatic hydroxyl groups excluding tert-OH is 2. The zero-order valence-corrected chi connectivity index (χ0v) is 10.1. The molecule has 0 aromatic carbocycles. The summed E-state index contributed by atoms with van der Waals surface area (Å²) in [5, 5.41) is 21.0. The van der Waals surface area contributed by atoms with E-state index < -0.39 is 0 Å². The van der Waals surface area contributed by atoms with E-state index in [2.05, 4.69) is 5.32 Å². The number of piperidine rings is 1. The van der Waals surface area contributed by atoms with Gasteiger partial charge in [0.1, 0.15) is 0 Å². The fourth-order valence-electron chi connectivity index (χ4n) is 2.46. The van der Waals surface area contributed by atoms with Crippen LogP contribution in [0.2, 0.25) is 0 Å². The fraction of sp³-hybridized carbons (Fsp3) is 0.909. The van der Waals surface area contributed by atoms with Gasteiger partial charge >= 0.3 is 0 Å². The second-order valence-electron chi connectivity index (χ2n) is 4.65. The topological polar surface area (TPSA) is 98.8 Å². The Hall–Kier alpha value is -0.690. The quantitative estimate of drug-likeness (QED) is 0.421. The van der Waals surface area contributed by atoms with Crippen LogP contribution in [0.1, 0.15) is 12.8 Å². The standard InChI is InChI=1S/C11H23N3O3/c12-11(17)8-14-6-9(1-3-15)5-10(7-14)13-2-4-16/h9-10,13,15-16H,1-8H2,(H2,12,17). The average Bonchev–Trinajstić information content (AvgIpc) is 2.25. The van der Waals surface area contributed by atoms with Crippen LogP contribution in [0.3, 0.4) is 0 Å². The lowest BCUT2D eigenvalue weighted by Crippen LogP contribution is -2.51. The van der Waals surface area contributed by atoms with Crippen molar-refractivity contribution in [3.05, 3.63) is 0 Å². The van der Waals surface area contributed by atoms with E-state index in [9.17, 15) is 4.79 Å². The molecule has 2 atom stereocenters. The van der Waals surface area contributed by atoms with Gasteiger partial charge in [0.25, 0.3) is 0 Å². The predicted octanol–water partition coefficient (Wildman–Crippen LogP) is -1.87. The summed E-state index contributed by atoms with van der Waals surface area (Å²) in [5.41, 5.74) is 5.20. The van der Waals surface area contributed by atoms with Crippen molar-refractivity contribution in [3.63, 3.8) is 0 Å².